The van der Waals surface area contributed by atoms with E-state index < -0.39 is 0 Å². The van der Waals surface area contributed by atoms with E-state index in [-0.39, 0.29) is 4.70 Å². The molecule has 0 saturated heterocycles. The zero-order chi connectivity index (χ0) is 8.81. The summed E-state index contributed by atoms with van der Waals surface area (Å²) < 4.78 is 0. The van der Waals surface area contributed by atoms with Gasteiger partial charge in [0, 0.05) is 5.57 Å². The Balaban J connectivity index is 0.00000144. The van der Waals surface area contributed by atoms with Crippen molar-refractivity contribution >= 4 is 0 Å². The van der Waals surface area contributed by atoms with Crippen molar-refractivity contribution in [3.8, 4) is 0 Å². The van der Waals surface area contributed by atoms with E-state index in [0.717, 1.165) is 0 Å². The van der Waals surface area contributed by atoms with E-state index in [2.05, 4.69) is 32.3 Å². The third kappa shape index (κ3) is 4.83. The van der Waals surface area contributed by atoms with Crippen LogP contribution in [0.3, 0.4) is 0 Å². The van der Waals surface area contributed by atoms with Gasteiger partial charge in [-0.05, 0) is 25.8 Å². The number of hydrogen-bond acceptors (Lipinski definition) is 0. The molecule has 0 fully saturated rings. The lowest BCUT2D eigenvalue weighted by atomic mass is 10.2. The van der Waals surface area contributed by atoms with Crippen molar-refractivity contribution in [3.05, 3.63) is 24.0 Å². The summed E-state index contributed by atoms with van der Waals surface area (Å²) in [6.07, 6.45) is 12.2. The van der Waals surface area contributed by atoms with Crippen LogP contribution in [0.1, 0.15) is 39.5 Å². The van der Waals surface area contributed by atoms with Crippen LogP contribution in [0, 0.1) is 0 Å². The smallest absolute Gasteiger partial charge is 0.102 e. The number of quaternary nitrogens is 1. The Hall–Kier alpha value is -0.630. The summed E-state index contributed by atoms with van der Waals surface area (Å²) in [6.45, 7) is 5.69. The third-order valence-corrected chi connectivity index (χ3v) is 2.29. The summed E-state index contributed by atoms with van der Waals surface area (Å²) in [7, 11) is 0. The van der Waals surface area contributed by atoms with Crippen LogP contribution in [0.5, 0.6) is 0 Å². The van der Waals surface area contributed by atoms with Gasteiger partial charge in [-0.15, -0.1) is 0 Å². The van der Waals surface area contributed by atoms with E-state index in [9.17, 15) is 0 Å². The molecule has 2 heteroatoms. The minimum atomic E-state index is 0. The summed E-state index contributed by atoms with van der Waals surface area (Å²) in [5, 5.41) is 0. The Labute approximate surface area is 80.5 Å². The minimum absolute atomic E-state index is 0. The Morgan fingerprint density at radius 3 is 2.54 bits per heavy atom. The van der Waals surface area contributed by atoms with Gasteiger partial charge >= 0.3 is 0 Å². The van der Waals surface area contributed by atoms with Crippen molar-refractivity contribution in [2.75, 3.05) is 6.54 Å². The second kappa shape index (κ2) is 6.84. The van der Waals surface area contributed by atoms with Crippen molar-refractivity contribution in [2.45, 2.75) is 39.5 Å². The van der Waals surface area contributed by atoms with Gasteiger partial charge in [-0.3, -0.25) is 4.90 Å². The number of halogens is 1. The Kier molecular flexibility index (Phi) is 6.51. The molecule has 1 unspecified atom stereocenters. The lowest BCUT2D eigenvalue weighted by molar-refractivity contribution is -0.788. The molecule has 0 aliphatic carbocycles. The molecule has 1 N–H and O–H groups in total. The molecular formula is C11H20FN. The molecule has 0 aromatic heterocycles. The standard InChI is InChI=1S/C11H19N.FH/c1-3-4-5-6-8-12-9-7-11(2)10-12;/h7,9-10H,3-6,8H2,1-2H3;1H. The summed E-state index contributed by atoms with van der Waals surface area (Å²) in [5.74, 6) is 0. The number of rotatable bonds is 5. The molecule has 1 heterocycles. The topological polar surface area (TPSA) is 4.44 Å². The highest BCUT2D eigenvalue weighted by molar-refractivity contribution is 5.14. The molecule has 0 radical (unpaired) electrons. The first kappa shape index (κ1) is 12.4. The summed E-state index contributed by atoms with van der Waals surface area (Å²) in [4.78, 5) is 1.52. The number of nitrogens with one attached hydrogen (secondary N) is 1. The maximum Gasteiger partial charge on any atom is 0.102 e. The van der Waals surface area contributed by atoms with Crippen molar-refractivity contribution in [2.24, 2.45) is 0 Å². The highest BCUT2D eigenvalue weighted by Crippen LogP contribution is 1.98. The van der Waals surface area contributed by atoms with Gasteiger partial charge in [-0.2, -0.15) is 0 Å². The highest BCUT2D eigenvalue weighted by atomic mass is 19.0. The van der Waals surface area contributed by atoms with E-state index in [0.29, 0.717) is 0 Å². The van der Waals surface area contributed by atoms with Crippen molar-refractivity contribution in [3.63, 3.8) is 0 Å². The molecule has 0 amide bonds. The van der Waals surface area contributed by atoms with Gasteiger partial charge in [0.15, 0.2) is 0 Å². The quantitative estimate of drug-likeness (QED) is 0.518. The molecule has 13 heavy (non-hydrogen) atoms. The normalized spacial score (nSPS) is 19.8. The van der Waals surface area contributed by atoms with Gasteiger partial charge in [-0.25, -0.2) is 0 Å². The van der Waals surface area contributed by atoms with Crippen molar-refractivity contribution in [1.29, 1.82) is 0 Å². The lowest BCUT2D eigenvalue weighted by Crippen LogP contribution is -3.01. The van der Waals surface area contributed by atoms with Gasteiger partial charge in [0.25, 0.3) is 0 Å². The number of unbranched alkanes of at least 4 members (excludes halogenated alkanes) is 3. The maximum absolute atomic E-state index is 2.30. The van der Waals surface area contributed by atoms with Crippen LogP contribution >= 0.6 is 0 Å². The molecule has 0 spiro atoms. The van der Waals surface area contributed by atoms with Crippen molar-refractivity contribution in [1.82, 2.24) is 0 Å². The average molecular weight is 185 g/mol. The van der Waals surface area contributed by atoms with E-state index in [1.54, 1.807) is 0 Å². The first-order chi connectivity index (χ1) is 5.83. The predicted molar refractivity (Wildman–Crippen MR) is 52.9 cm³/mol. The van der Waals surface area contributed by atoms with E-state index in [4.69, 9.17) is 0 Å². The summed E-state index contributed by atoms with van der Waals surface area (Å²) >= 11 is 0. The number of allylic oxidation sites excluding steroid dienone is 2. The molecule has 0 aromatic rings. The van der Waals surface area contributed by atoms with Gasteiger partial charge in [0.1, 0.15) is 6.20 Å². The van der Waals surface area contributed by atoms with Gasteiger partial charge < -0.3 is 4.70 Å². The molecular weight excluding hydrogens is 165 g/mol. The Morgan fingerprint density at radius 2 is 2.00 bits per heavy atom. The summed E-state index contributed by atoms with van der Waals surface area (Å²) in [5.41, 5.74) is 1.40. The fourth-order valence-corrected chi connectivity index (χ4v) is 1.54. The molecule has 0 bridgehead atoms. The fraction of sp³-hybridized carbons (Fsp3) is 0.636. The minimum Gasteiger partial charge on any atom is -1.00 e. The summed E-state index contributed by atoms with van der Waals surface area (Å²) in [6, 6.07) is 0. The molecule has 76 valence electrons. The van der Waals surface area contributed by atoms with E-state index in [1.165, 1.54) is 42.7 Å². The van der Waals surface area contributed by atoms with Crippen LogP contribution in [0.4, 0.5) is 0 Å². The molecule has 1 aliphatic heterocycles. The van der Waals surface area contributed by atoms with Gasteiger partial charge in [-0.1, -0.05) is 19.8 Å². The lowest BCUT2D eigenvalue weighted by Gasteiger charge is -2.05. The average Bonchev–Trinajstić information content (AvgIpc) is 2.45. The van der Waals surface area contributed by atoms with Crippen molar-refractivity contribution < 1.29 is 9.60 Å². The second-order valence-electron chi connectivity index (χ2n) is 3.61. The highest BCUT2D eigenvalue weighted by Gasteiger charge is 2.06. The van der Waals surface area contributed by atoms with Gasteiger partial charge in [0.05, 0.1) is 12.7 Å². The molecule has 1 nitrogen and oxygen atoms in total. The van der Waals surface area contributed by atoms with Crippen LogP contribution < -0.4 is 9.60 Å². The van der Waals surface area contributed by atoms with Crippen LogP contribution in [0.15, 0.2) is 24.0 Å². The number of hydrogen-bond donors (Lipinski definition) is 1. The molecule has 1 atom stereocenters. The van der Waals surface area contributed by atoms with Crippen LogP contribution in [0.2, 0.25) is 0 Å². The first-order valence-electron chi connectivity index (χ1n) is 5.05. The third-order valence-electron chi connectivity index (χ3n) is 2.29. The molecule has 1 rings (SSSR count). The van der Waals surface area contributed by atoms with Crippen LogP contribution in [-0.4, -0.2) is 6.54 Å². The SMILES string of the molecule is CCCCCC[NH+]1C=CC(C)=C1.[F-]. The van der Waals surface area contributed by atoms with Crippen LogP contribution in [-0.2, 0) is 0 Å². The second-order valence-corrected chi connectivity index (χ2v) is 3.61. The van der Waals surface area contributed by atoms with E-state index in [1.807, 2.05) is 0 Å². The zero-order valence-electron chi connectivity index (χ0n) is 8.65. The zero-order valence-corrected chi connectivity index (χ0v) is 8.65. The first-order valence-corrected chi connectivity index (χ1v) is 5.05. The Bertz CT molecular complexity index is 185. The van der Waals surface area contributed by atoms with Crippen LogP contribution in [0.25, 0.3) is 0 Å². The largest absolute Gasteiger partial charge is 1.00 e. The molecule has 0 saturated carbocycles. The molecule has 1 aliphatic rings. The predicted octanol–water partition coefficient (Wildman–Crippen LogP) is -1.11. The monoisotopic (exact) mass is 185 g/mol. The fourth-order valence-electron chi connectivity index (χ4n) is 1.54. The van der Waals surface area contributed by atoms with E-state index >= 15 is 0 Å². The molecule has 0 aromatic carbocycles. The Morgan fingerprint density at radius 1 is 1.23 bits per heavy atom. The van der Waals surface area contributed by atoms with Gasteiger partial charge in [0.2, 0.25) is 0 Å². The maximum atomic E-state index is 2.30.